The molecule has 23 heavy (non-hydrogen) atoms. The molecule has 6 heteroatoms. The molecule has 0 radical (unpaired) electrons. The first kappa shape index (κ1) is 17.1. The molecule has 1 aliphatic heterocycles. The first-order chi connectivity index (χ1) is 10.8. The Kier molecular flexibility index (Phi) is 5.13. The minimum absolute atomic E-state index is 0.175. The summed E-state index contributed by atoms with van der Waals surface area (Å²) in [5, 5.41) is 12.1. The lowest BCUT2D eigenvalue weighted by Gasteiger charge is -2.34. The van der Waals surface area contributed by atoms with Crippen LogP contribution in [-0.2, 0) is 4.79 Å². The third-order valence-corrected chi connectivity index (χ3v) is 4.28. The zero-order valence-corrected chi connectivity index (χ0v) is 14.0. The van der Waals surface area contributed by atoms with Gasteiger partial charge in [-0.25, -0.2) is 4.79 Å². The van der Waals surface area contributed by atoms with Crippen molar-refractivity contribution >= 4 is 17.7 Å². The van der Waals surface area contributed by atoms with E-state index in [2.05, 4.69) is 5.32 Å². The lowest BCUT2D eigenvalue weighted by molar-refractivity contribution is -0.143. The van der Waals surface area contributed by atoms with Crippen LogP contribution >= 0.6 is 0 Å². The number of aliphatic carboxylic acids is 1. The number of amides is 2. The number of ether oxygens (including phenoxy) is 1. The molecule has 0 spiro atoms. The van der Waals surface area contributed by atoms with Crippen LogP contribution in [0.1, 0.15) is 24.5 Å². The number of methoxy groups -OCH3 is 1. The quantitative estimate of drug-likeness (QED) is 0.897. The Morgan fingerprint density at radius 3 is 2.57 bits per heavy atom. The number of nitrogens with one attached hydrogen (secondary N) is 1. The van der Waals surface area contributed by atoms with Crippen LogP contribution in [-0.4, -0.2) is 42.2 Å². The largest absolute Gasteiger partial charge is 0.496 e. The van der Waals surface area contributed by atoms with Crippen molar-refractivity contribution in [3.05, 3.63) is 23.3 Å². The average Bonchev–Trinajstić information content (AvgIpc) is 2.49. The number of carboxylic acid groups (broad SMARTS) is 1. The molecule has 1 saturated heterocycles. The fourth-order valence-electron chi connectivity index (χ4n) is 3.03. The summed E-state index contributed by atoms with van der Waals surface area (Å²) in [4.78, 5) is 25.3. The molecule has 2 N–H and O–H groups in total. The fourth-order valence-corrected chi connectivity index (χ4v) is 3.03. The second-order valence-electron chi connectivity index (χ2n) is 6.35. The number of rotatable bonds is 3. The van der Waals surface area contributed by atoms with Gasteiger partial charge in [-0.15, -0.1) is 0 Å². The maximum atomic E-state index is 12.5. The molecule has 2 unspecified atom stereocenters. The summed E-state index contributed by atoms with van der Waals surface area (Å²) < 4.78 is 5.27. The highest BCUT2D eigenvalue weighted by Gasteiger charge is 2.32. The van der Waals surface area contributed by atoms with Gasteiger partial charge in [0.2, 0.25) is 0 Å². The first-order valence-electron chi connectivity index (χ1n) is 7.75. The molecule has 0 aromatic heterocycles. The second-order valence-corrected chi connectivity index (χ2v) is 6.35. The van der Waals surface area contributed by atoms with Gasteiger partial charge < -0.3 is 20.1 Å². The third kappa shape index (κ3) is 3.94. The Hall–Kier alpha value is -2.24. The highest BCUT2D eigenvalue weighted by Crippen LogP contribution is 2.27. The van der Waals surface area contributed by atoms with E-state index in [4.69, 9.17) is 4.74 Å². The number of nitrogens with zero attached hydrogens (tertiary/aromatic N) is 1. The zero-order chi connectivity index (χ0) is 17.1. The molecule has 1 heterocycles. The van der Waals surface area contributed by atoms with Crippen LogP contribution < -0.4 is 10.1 Å². The average molecular weight is 320 g/mol. The molecule has 0 saturated carbocycles. The summed E-state index contributed by atoms with van der Waals surface area (Å²) in [6, 6.07) is 3.49. The highest BCUT2D eigenvalue weighted by atomic mass is 16.5. The smallest absolute Gasteiger partial charge is 0.321 e. The minimum Gasteiger partial charge on any atom is -0.496 e. The Labute approximate surface area is 136 Å². The predicted molar refractivity (Wildman–Crippen MR) is 88.0 cm³/mol. The van der Waals surface area contributed by atoms with Gasteiger partial charge in [-0.3, -0.25) is 4.79 Å². The van der Waals surface area contributed by atoms with Gasteiger partial charge in [0, 0.05) is 18.8 Å². The van der Waals surface area contributed by atoms with Crippen molar-refractivity contribution in [1.82, 2.24) is 4.90 Å². The molecular weight excluding hydrogens is 296 g/mol. The number of urea groups is 1. The van der Waals surface area contributed by atoms with Gasteiger partial charge in [0.15, 0.2) is 0 Å². The number of piperidine rings is 1. The van der Waals surface area contributed by atoms with Crippen LogP contribution in [0.4, 0.5) is 10.5 Å². The van der Waals surface area contributed by atoms with E-state index in [1.54, 1.807) is 12.0 Å². The summed E-state index contributed by atoms with van der Waals surface area (Å²) in [7, 11) is 1.61. The second kappa shape index (κ2) is 6.89. The number of aryl methyl sites for hydroxylation is 2. The number of benzene rings is 1. The minimum atomic E-state index is -0.842. The molecule has 1 aromatic rings. The van der Waals surface area contributed by atoms with E-state index in [-0.39, 0.29) is 18.5 Å². The van der Waals surface area contributed by atoms with Crippen LogP contribution in [0.3, 0.4) is 0 Å². The van der Waals surface area contributed by atoms with E-state index in [9.17, 15) is 14.7 Å². The van der Waals surface area contributed by atoms with E-state index < -0.39 is 11.9 Å². The van der Waals surface area contributed by atoms with Gasteiger partial charge in [-0.1, -0.05) is 6.92 Å². The van der Waals surface area contributed by atoms with Gasteiger partial charge in [0.1, 0.15) is 5.75 Å². The van der Waals surface area contributed by atoms with E-state index >= 15 is 0 Å². The van der Waals surface area contributed by atoms with E-state index in [0.717, 1.165) is 22.6 Å². The van der Waals surface area contributed by atoms with Crippen LogP contribution in [0.15, 0.2) is 12.1 Å². The zero-order valence-electron chi connectivity index (χ0n) is 14.0. The Bertz CT molecular complexity index is 615. The SMILES string of the molecule is COc1cc(C)c(NC(=O)N2CC(C)CC(C(=O)O)C2)cc1C. The normalized spacial score (nSPS) is 21.0. The van der Waals surface area contributed by atoms with Crippen LogP contribution in [0.2, 0.25) is 0 Å². The molecule has 1 aromatic carbocycles. The van der Waals surface area contributed by atoms with Crippen LogP contribution in [0.5, 0.6) is 5.75 Å². The van der Waals surface area contributed by atoms with E-state index in [1.165, 1.54) is 0 Å². The van der Waals surface area contributed by atoms with Gasteiger partial charge >= 0.3 is 12.0 Å². The lowest BCUT2D eigenvalue weighted by atomic mass is 9.91. The maximum absolute atomic E-state index is 12.5. The van der Waals surface area contributed by atoms with Crippen LogP contribution in [0, 0.1) is 25.7 Å². The van der Waals surface area contributed by atoms with Crippen molar-refractivity contribution in [3.63, 3.8) is 0 Å². The fraction of sp³-hybridized carbons (Fsp3) is 0.529. The van der Waals surface area contributed by atoms with Crippen molar-refractivity contribution in [1.29, 1.82) is 0 Å². The molecule has 2 amide bonds. The molecule has 2 atom stereocenters. The topological polar surface area (TPSA) is 78.9 Å². The number of anilines is 1. The summed E-state index contributed by atoms with van der Waals surface area (Å²) in [6.45, 7) is 6.61. The predicted octanol–water partition coefficient (Wildman–Crippen LogP) is 2.89. The van der Waals surface area contributed by atoms with Crippen LogP contribution in [0.25, 0.3) is 0 Å². The summed E-state index contributed by atoms with van der Waals surface area (Å²) in [5.41, 5.74) is 2.56. The lowest BCUT2D eigenvalue weighted by Crippen LogP contribution is -2.47. The molecule has 1 fully saturated rings. The molecule has 6 nitrogen and oxygen atoms in total. The van der Waals surface area contributed by atoms with Gasteiger partial charge in [-0.05, 0) is 49.4 Å². The van der Waals surface area contributed by atoms with E-state index in [0.29, 0.717) is 13.0 Å². The number of likely N-dealkylation sites (tertiary alicyclic amines) is 1. The third-order valence-electron chi connectivity index (χ3n) is 4.28. The van der Waals surface area contributed by atoms with Gasteiger partial charge in [-0.2, -0.15) is 0 Å². The molecular formula is C17H24N2O4. The van der Waals surface area contributed by atoms with Gasteiger partial charge in [0.05, 0.1) is 13.0 Å². The molecule has 2 rings (SSSR count). The highest BCUT2D eigenvalue weighted by molar-refractivity contribution is 5.91. The molecule has 0 aliphatic carbocycles. The summed E-state index contributed by atoms with van der Waals surface area (Å²) >= 11 is 0. The van der Waals surface area contributed by atoms with Crippen molar-refractivity contribution in [2.75, 3.05) is 25.5 Å². The van der Waals surface area contributed by atoms with Crippen molar-refractivity contribution in [2.45, 2.75) is 27.2 Å². The number of hydrogen-bond acceptors (Lipinski definition) is 3. The molecule has 1 aliphatic rings. The number of carboxylic acids is 1. The Morgan fingerprint density at radius 1 is 1.26 bits per heavy atom. The summed E-state index contributed by atoms with van der Waals surface area (Å²) in [5.74, 6) is -0.388. The maximum Gasteiger partial charge on any atom is 0.321 e. The van der Waals surface area contributed by atoms with E-state index in [1.807, 2.05) is 32.9 Å². The van der Waals surface area contributed by atoms with Gasteiger partial charge in [0.25, 0.3) is 0 Å². The molecule has 126 valence electrons. The first-order valence-corrected chi connectivity index (χ1v) is 7.75. The number of carbonyl (C=O) groups is 2. The number of hydrogen-bond donors (Lipinski definition) is 2. The van der Waals surface area contributed by atoms with Crippen molar-refractivity contribution in [2.24, 2.45) is 11.8 Å². The monoisotopic (exact) mass is 320 g/mol. The summed E-state index contributed by atoms with van der Waals surface area (Å²) in [6.07, 6.45) is 0.611. The standard InChI is InChI=1S/C17H24N2O4/c1-10-5-13(16(20)21)9-19(8-10)17(22)18-14-6-12(3)15(23-4)7-11(14)2/h6-7,10,13H,5,8-9H2,1-4H3,(H,18,22)(H,20,21). The Balaban J connectivity index is 2.12. The van der Waals surface area contributed by atoms with Crippen molar-refractivity contribution in [3.8, 4) is 5.75 Å². The molecule has 0 bridgehead atoms. The Morgan fingerprint density at radius 2 is 1.96 bits per heavy atom. The van der Waals surface area contributed by atoms with Crippen molar-refractivity contribution < 1.29 is 19.4 Å². The number of carbonyl (C=O) groups excluding carboxylic acids is 1.